The standard InChI is InChI=1S/C13H22N2OS/c1-10-5-6-13(17-10)12(9-14)15(7-8-16)11-3-2-4-11/h5-6,11-12,16H,2-4,7-9,14H2,1H3. The van der Waals surface area contributed by atoms with Crippen LogP contribution < -0.4 is 5.73 Å². The number of nitrogens with zero attached hydrogens (tertiary/aromatic N) is 1. The first kappa shape index (κ1) is 13.0. The number of hydrogen-bond acceptors (Lipinski definition) is 4. The van der Waals surface area contributed by atoms with Crippen LogP contribution in [0.1, 0.15) is 35.1 Å². The predicted octanol–water partition coefficient (Wildman–Crippen LogP) is 1.90. The van der Waals surface area contributed by atoms with Crippen LogP contribution in [0.15, 0.2) is 12.1 Å². The van der Waals surface area contributed by atoms with Gasteiger partial charge >= 0.3 is 0 Å². The van der Waals surface area contributed by atoms with Gasteiger partial charge in [-0.2, -0.15) is 0 Å². The van der Waals surface area contributed by atoms with Crippen LogP contribution in [0.5, 0.6) is 0 Å². The molecule has 3 nitrogen and oxygen atoms in total. The fourth-order valence-corrected chi connectivity index (χ4v) is 3.49. The molecule has 1 unspecified atom stereocenters. The Morgan fingerprint density at radius 2 is 2.29 bits per heavy atom. The summed E-state index contributed by atoms with van der Waals surface area (Å²) in [4.78, 5) is 5.07. The van der Waals surface area contributed by atoms with Gasteiger partial charge in [0.05, 0.1) is 12.6 Å². The van der Waals surface area contributed by atoms with Gasteiger partial charge in [0.25, 0.3) is 0 Å². The molecule has 17 heavy (non-hydrogen) atoms. The quantitative estimate of drug-likeness (QED) is 0.815. The molecule has 1 aromatic rings. The highest BCUT2D eigenvalue weighted by Crippen LogP contribution is 2.34. The van der Waals surface area contributed by atoms with E-state index in [1.165, 1.54) is 29.0 Å². The number of aliphatic hydroxyl groups excluding tert-OH is 1. The van der Waals surface area contributed by atoms with E-state index in [0.29, 0.717) is 12.6 Å². The molecule has 0 spiro atoms. The molecule has 0 aliphatic heterocycles. The molecule has 2 rings (SSSR count). The number of thiophene rings is 1. The first-order valence-electron chi connectivity index (χ1n) is 6.39. The highest BCUT2D eigenvalue weighted by atomic mass is 32.1. The highest BCUT2D eigenvalue weighted by Gasteiger charge is 2.30. The van der Waals surface area contributed by atoms with Crippen molar-refractivity contribution >= 4 is 11.3 Å². The molecule has 96 valence electrons. The van der Waals surface area contributed by atoms with E-state index >= 15 is 0 Å². The highest BCUT2D eigenvalue weighted by molar-refractivity contribution is 7.12. The molecule has 1 aliphatic rings. The summed E-state index contributed by atoms with van der Waals surface area (Å²) in [7, 11) is 0. The third-order valence-electron chi connectivity index (χ3n) is 3.62. The maximum atomic E-state index is 9.22. The lowest BCUT2D eigenvalue weighted by Crippen LogP contribution is -2.46. The summed E-state index contributed by atoms with van der Waals surface area (Å²) in [5.74, 6) is 0. The van der Waals surface area contributed by atoms with Gasteiger partial charge in [-0.15, -0.1) is 11.3 Å². The molecule has 0 bridgehead atoms. The zero-order chi connectivity index (χ0) is 12.3. The Morgan fingerprint density at radius 3 is 2.71 bits per heavy atom. The Bertz CT molecular complexity index is 349. The van der Waals surface area contributed by atoms with E-state index in [0.717, 1.165) is 6.54 Å². The molecule has 0 saturated heterocycles. The van der Waals surface area contributed by atoms with Crippen LogP contribution in [0.3, 0.4) is 0 Å². The van der Waals surface area contributed by atoms with Crippen LogP contribution in [0.25, 0.3) is 0 Å². The zero-order valence-corrected chi connectivity index (χ0v) is 11.2. The number of hydrogen-bond donors (Lipinski definition) is 2. The van der Waals surface area contributed by atoms with E-state index in [1.807, 2.05) is 11.3 Å². The van der Waals surface area contributed by atoms with Gasteiger partial charge in [-0.3, -0.25) is 4.90 Å². The van der Waals surface area contributed by atoms with Crippen LogP contribution in [0, 0.1) is 6.92 Å². The zero-order valence-electron chi connectivity index (χ0n) is 10.4. The third kappa shape index (κ3) is 2.88. The largest absolute Gasteiger partial charge is 0.395 e. The summed E-state index contributed by atoms with van der Waals surface area (Å²) < 4.78 is 0. The summed E-state index contributed by atoms with van der Waals surface area (Å²) in [5.41, 5.74) is 5.95. The van der Waals surface area contributed by atoms with Gasteiger partial charge in [0.2, 0.25) is 0 Å². The minimum Gasteiger partial charge on any atom is -0.395 e. The average molecular weight is 254 g/mol. The number of aryl methyl sites for hydroxylation is 1. The lowest BCUT2D eigenvalue weighted by Gasteiger charge is -2.41. The van der Waals surface area contributed by atoms with E-state index in [1.54, 1.807) is 0 Å². The van der Waals surface area contributed by atoms with Crippen LogP contribution in [-0.4, -0.2) is 35.7 Å². The van der Waals surface area contributed by atoms with Crippen molar-refractivity contribution in [3.8, 4) is 0 Å². The predicted molar refractivity (Wildman–Crippen MR) is 72.3 cm³/mol. The Kier molecular flexibility index (Phi) is 4.56. The van der Waals surface area contributed by atoms with Crippen molar-refractivity contribution in [2.24, 2.45) is 5.73 Å². The van der Waals surface area contributed by atoms with Gasteiger partial charge in [-0.25, -0.2) is 0 Å². The number of rotatable bonds is 6. The minimum absolute atomic E-state index is 0.220. The van der Waals surface area contributed by atoms with Crippen LogP contribution in [0.2, 0.25) is 0 Å². The number of aliphatic hydroxyl groups is 1. The monoisotopic (exact) mass is 254 g/mol. The van der Waals surface area contributed by atoms with E-state index in [2.05, 4.69) is 24.0 Å². The van der Waals surface area contributed by atoms with Crippen molar-refractivity contribution in [2.75, 3.05) is 19.7 Å². The topological polar surface area (TPSA) is 49.5 Å². The van der Waals surface area contributed by atoms with Gasteiger partial charge in [0, 0.05) is 28.9 Å². The molecule has 0 aromatic carbocycles. The van der Waals surface area contributed by atoms with Crippen molar-refractivity contribution in [2.45, 2.75) is 38.3 Å². The molecular weight excluding hydrogens is 232 g/mol. The maximum Gasteiger partial charge on any atom is 0.0567 e. The molecule has 0 radical (unpaired) electrons. The van der Waals surface area contributed by atoms with E-state index in [9.17, 15) is 5.11 Å². The summed E-state index contributed by atoms with van der Waals surface area (Å²) in [6.07, 6.45) is 3.81. The van der Waals surface area contributed by atoms with Crippen LogP contribution in [-0.2, 0) is 0 Å². The Balaban J connectivity index is 2.12. The summed E-state index contributed by atoms with van der Waals surface area (Å²) >= 11 is 1.82. The molecule has 1 atom stereocenters. The SMILES string of the molecule is Cc1ccc(C(CN)N(CCO)C2CCC2)s1. The second-order valence-electron chi connectivity index (χ2n) is 4.75. The van der Waals surface area contributed by atoms with Crippen LogP contribution >= 0.6 is 11.3 Å². The first-order chi connectivity index (χ1) is 8.26. The Labute approximate surface area is 107 Å². The van der Waals surface area contributed by atoms with Gasteiger partial charge in [-0.05, 0) is 31.9 Å². The van der Waals surface area contributed by atoms with Crippen molar-refractivity contribution in [3.05, 3.63) is 21.9 Å². The van der Waals surface area contributed by atoms with Gasteiger partial charge in [-0.1, -0.05) is 6.42 Å². The maximum absolute atomic E-state index is 9.22. The lowest BCUT2D eigenvalue weighted by molar-refractivity contribution is 0.0636. The third-order valence-corrected chi connectivity index (χ3v) is 4.72. The molecule has 1 heterocycles. The molecule has 0 amide bonds. The summed E-state index contributed by atoms with van der Waals surface area (Å²) in [5, 5.41) is 9.22. The Morgan fingerprint density at radius 1 is 1.53 bits per heavy atom. The average Bonchev–Trinajstić information content (AvgIpc) is 2.64. The molecule has 4 heteroatoms. The molecule has 1 aromatic heterocycles. The minimum atomic E-state index is 0.220. The van der Waals surface area contributed by atoms with Gasteiger partial charge in [0.1, 0.15) is 0 Å². The summed E-state index contributed by atoms with van der Waals surface area (Å²) in [6, 6.07) is 5.24. The summed E-state index contributed by atoms with van der Waals surface area (Å²) in [6.45, 7) is 3.72. The molecule has 1 saturated carbocycles. The molecule has 1 aliphatic carbocycles. The normalized spacial score (nSPS) is 18.4. The first-order valence-corrected chi connectivity index (χ1v) is 7.21. The van der Waals surface area contributed by atoms with Crippen molar-refractivity contribution < 1.29 is 5.11 Å². The number of nitrogens with two attached hydrogens (primary N) is 1. The second-order valence-corrected chi connectivity index (χ2v) is 6.07. The molecule has 3 N–H and O–H groups in total. The smallest absolute Gasteiger partial charge is 0.0567 e. The molecule has 1 fully saturated rings. The second kappa shape index (κ2) is 5.96. The van der Waals surface area contributed by atoms with Gasteiger partial charge < -0.3 is 10.8 Å². The Hall–Kier alpha value is -0.420. The fourth-order valence-electron chi connectivity index (χ4n) is 2.47. The van der Waals surface area contributed by atoms with Crippen molar-refractivity contribution in [1.29, 1.82) is 0 Å². The van der Waals surface area contributed by atoms with Crippen molar-refractivity contribution in [1.82, 2.24) is 4.90 Å². The van der Waals surface area contributed by atoms with Crippen molar-refractivity contribution in [3.63, 3.8) is 0 Å². The molecular formula is C13H22N2OS. The lowest BCUT2D eigenvalue weighted by atomic mass is 9.90. The van der Waals surface area contributed by atoms with Crippen LogP contribution in [0.4, 0.5) is 0 Å². The van der Waals surface area contributed by atoms with Gasteiger partial charge in [0.15, 0.2) is 0 Å². The van der Waals surface area contributed by atoms with E-state index in [4.69, 9.17) is 5.73 Å². The van der Waals surface area contributed by atoms with E-state index < -0.39 is 0 Å². The van der Waals surface area contributed by atoms with E-state index in [-0.39, 0.29) is 12.6 Å². The fraction of sp³-hybridized carbons (Fsp3) is 0.692.